The maximum absolute atomic E-state index is 13.0. The molecule has 0 amide bonds. The molecule has 0 aliphatic carbocycles. The Labute approximate surface area is 183 Å². The molecule has 3 nitrogen and oxygen atoms in total. The molecule has 3 aromatic rings. The molecular formula is C27H17NO2S. The minimum atomic E-state index is -3.96. The van der Waals surface area contributed by atoms with Crippen LogP contribution in [0.3, 0.4) is 0 Å². The standard InChI is InChI=1S/C27H17NO2S/c1-24-18-20-27(21-19-24)31(29,30)28(22-10-8-16-25-12-4-2-5-13-25)23-11-9-17-26-14-6-3-7-15-26/h2-7,12-15,18-21H,1H3. The van der Waals surface area contributed by atoms with Gasteiger partial charge < -0.3 is 0 Å². The molecule has 31 heavy (non-hydrogen) atoms. The lowest BCUT2D eigenvalue weighted by Gasteiger charge is -2.10. The van der Waals surface area contributed by atoms with Crippen LogP contribution < -0.4 is 0 Å². The van der Waals surface area contributed by atoms with Crippen molar-refractivity contribution in [3.05, 3.63) is 102 Å². The molecule has 0 saturated carbocycles. The van der Waals surface area contributed by atoms with Crippen molar-refractivity contribution in [1.82, 2.24) is 4.31 Å². The molecule has 0 unspecified atom stereocenters. The van der Waals surface area contributed by atoms with Crippen LogP contribution in [0, 0.1) is 54.5 Å². The molecule has 148 valence electrons. The van der Waals surface area contributed by atoms with E-state index in [9.17, 15) is 8.42 Å². The number of hydrogen-bond donors (Lipinski definition) is 0. The highest BCUT2D eigenvalue weighted by Crippen LogP contribution is 2.15. The monoisotopic (exact) mass is 419 g/mol. The Hall–Kier alpha value is -4.35. The summed E-state index contributed by atoms with van der Waals surface area (Å²) in [5, 5.41) is 0. The molecule has 0 atom stereocenters. The maximum atomic E-state index is 13.0. The van der Waals surface area contributed by atoms with Crippen molar-refractivity contribution in [3.8, 4) is 47.6 Å². The Bertz CT molecular complexity index is 1320. The number of rotatable bonds is 2. The lowest BCUT2D eigenvalue weighted by atomic mass is 10.2. The van der Waals surface area contributed by atoms with Crippen molar-refractivity contribution in [2.75, 3.05) is 0 Å². The Morgan fingerprint density at radius 3 is 1.52 bits per heavy atom. The topological polar surface area (TPSA) is 37.4 Å². The smallest absolute Gasteiger partial charge is 0.199 e. The lowest BCUT2D eigenvalue weighted by molar-refractivity contribution is 0.563. The molecular weight excluding hydrogens is 402 g/mol. The van der Waals surface area contributed by atoms with Crippen LogP contribution in [0.25, 0.3) is 0 Å². The highest BCUT2D eigenvalue weighted by molar-refractivity contribution is 7.89. The molecule has 3 rings (SSSR count). The van der Waals surface area contributed by atoms with Gasteiger partial charge in [-0.25, -0.2) is 0 Å². The third-order valence-corrected chi connectivity index (χ3v) is 5.49. The summed E-state index contributed by atoms with van der Waals surface area (Å²) < 4.78 is 26.8. The fourth-order valence-corrected chi connectivity index (χ4v) is 3.39. The largest absolute Gasteiger partial charge is 0.282 e. The van der Waals surface area contributed by atoms with Gasteiger partial charge in [-0.2, -0.15) is 8.42 Å². The first-order valence-corrected chi connectivity index (χ1v) is 10.8. The molecule has 0 aromatic heterocycles. The second kappa shape index (κ2) is 10.4. The van der Waals surface area contributed by atoms with Crippen molar-refractivity contribution >= 4 is 10.0 Å². The van der Waals surface area contributed by atoms with E-state index in [0.29, 0.717) is 0 Å². The fraction of sp³-hybridized carbons (Fsp3) is 0.0370. The predicted octanol–water partition coefficient (Wildman–Crippen LogP) is 4.01. The predicted molar refractivity (Wildman–Crippen MR) is 122 cm³/mol. The summed E-state index contributed by atoms with van der Waals surface area (Å²) in [6.45, 7) is 1.88. The van der Waals surface area contributed by atoms with E-state index < -0.39 is 10.0 Å². The fourth-order valence-electron chi connectivity index (χ4n) is 2.37. The van der Waals surface area contributed by atoms with Gasteiger partial charge in [-0.1, -0.05) is 65.9 Å². The molecule has 0 spiro atoms. The van der Waals surface area contributed by atoms with Crippen molar-refractivity contribution in [1.29, 1.82) is 0 Å². The van der Waals surface area contributed by atoms with E-state index in [1.54, 1.807) is 12.1 Å². The van der Waals surface area contributed by atoms with Gasteiger partial charge in [0.05, 0.1) is 17.0 Å². The Morgan fingerprint density at radius 2 is 1.06 bits per heavy atom. The normalized spacial score (nSPS) is 9.32. The van der Waals surface area contributed by atoms with E-state index >= 15 is 0 Å². The van der Waals surface area contributed by atoms with Crippen LogP contribution in [0.1, 0.15) is 16.7 Å². The van der Waals surface area contributed by atoms with Gasteiger partial charge in [-0.3, -0.25) is 0 Å². The van der Waals surface area contributed by atoms with Crippen LogP contribution in [-0.4, -0.2) is 12.7 Å². The van der Waals surface area contributed by atoms with Crippen molar-refractivity contribution in [3.63, 3.8) is 0 Å². The average Bonchev–Trinajstić information content (AvgIpc) is 2.79. The molecule has 0 N–H and O–H groups in total. The second-order valence-electron chi connectivity index (χ2n) is 6.29. The summed E-state index contributed by atoms with van der Waals surface area (Å²) >= 11 is 0. The maximum Gasteiger partial charge on any atom is 0.282 e. The molecule has 0 saturated heterocycles. The zero-order chi connectivity index (χ0) is 21.9. The van der Waals surface area contributed by atoms with E-state index in [0.717, 1.165) is 21.0 Å². The number of nitrogens with zero attached hydrogens (tertiary/aromatic N) is 1. The van der Waals surface area contributed by atoms with Gasteiger partial charge in [0.15, 0.2) is 0 Å². The molecule has 0 radical (unpaired) electrons. The molecule has 0 fully saturated rings. The van der Waals surface area contributed by atoms with Gasteiger partial charge in [0.25, 0.3) is 10.0 Å². The number of sulfonamides is 1. The SMILES string of the molecule is Cc1ccc(S(=O)(=O)N(C#CC#Cc2ccccc2)C#CC#Cc2ccccc2)cc1. The minimum Gasteiger partial charge on any atom is -0.199 e. The first kappa shape index (κ1) is 21.4. The van der Waals surface area contributed by atoms with Crippen LogP contribution in [0.5, 0.6) is 0 Å². The number of benzene rings is 3. The Morgan fingerprint density at radius 1 is 0.613 bits per heavy atom. The highest BCUT2D eigenvalue weighted by Gasteiger charge is 2.20. The minimum absolute atomic E-state index is 0.0914. The zero-order valence-corrected chi connectivity index (χ0v) is 17.6. The van der Waals surface area contributed by atoms with E-state index in [4.69, 9.17) is 0 Å². The van der Waals surface area contributed by atoms with E-state index in [2.05, 4.69) is 47.6 Å². The second-order valence-corrected chi connectivity index (χ2v) is 8.07. The van der Waals surface area contributed by atoms with E-state index in [1.807, 2.05) is 67.6 Å². The molecule has 3 aromatic carbocycles. The lowest BCUT2D eigenvalue weighted by Crippen LogP contribution is -2.21. The third-order valence-electron chi connectivity index (χ3n) is 3.96. The Kier molecular flexibility index (Phi) is 7.19. The summed E-state index contributed by atoms with van der Waals surface area (Å²) in [6, 6.07) is 30.1. The molecule has 0 bridgehead atoms. The average molecular weight is 420 g/mol. The summed E-state index contributed by atoms with van der Waals surface area (Å²) in [4.78, 5) is 0.0914. The first-order chi connectivity index (χ1) is 15.1. The summed E-state index contributed by atoms with van der Waals surface area (Å²) in [5.74, 6) is 16.2. The van der Waals surface area contributed by atoms with Crippen LogP contribution in [0.15, 0.2) is 89.8 Å². The van der Waals surface area contributed by atoms with Crippen LogP contribution >= 0.6 is 0 Å². The summed E-state index contributed by atoms with van der Waals surface area (Å²) in [6.07, 6.45) is 0. The van der Waals surface area contributed by atoms with Crippen LogP contribution in [-0.2, 0) is 10.0 Å². The van der Waals surface area contributed by atoms with E-state index in [1.165, 1.54) is 12.1 Å². The summed E-state index contributed by atoms with van der Waals surface area (Å²) in [7, 11) is -3.96. The number of aryl methyl sites for hydroxylation is 1. The Balaban J connectivity index is 1.92. The van der Waals surface area contributed by atoms with Gasteiger partial charge in [0, 0.05) is 23.0 Å². The van der Waals surface area contributed by atoms with Gasteiger partial charge in [0.2, 0.25) is 0 Å². The van der Waals surface area contributed by atoms with Crippen molar-refractivity contribution in [2.45, 2.75) is 11.8 Å². The zero-order valence-electron chi connectivity index (χ0n) is 16.8. The third kappa shape index (κ3) is 6.32. The molecule has 0 aliphatic heterocycles. The van der Waals surface area contributed by atoms with Gasteiger partial charge >= 0.3 is 0 Å². The van der Waals surface area contributed by atoms with Crippen LogP contribution in [0.2, 0.25) is 0 Å². The van der Waals surface area contributed by atoms with Gasteiger partial charge in [-0.05, 0) is 55.2 Å². The summed E-state index contributed by atoms with van der Waals surface area (Å²) in [5.41, 5.74) is 2.51. The molecule has 0 heterocycles. The van der Waals surface area contributed by atoms with E-state index in [-0.39, 0.29) is 4.90 Å². The van der Waals surface area contributed by atoms with Gasteiger partial charge in [-0.15, -0.1) is 4.31 Å². The quantitative estimate of drug-likeness (QED) is 0.465. The van der Waals surface area contributed by atoms with Crippen molar-refractivity contribution < 1.29 is 8.42 Å². The number of hydrogen-bond acceptors (Lipinski definition) is 2. The molecule has 0 aliphatic rings. The first-order valence-electron chi connectivity index (χ1n) is 9.31. The highest BCUT2D eigenvalue weighted by atomic mass is 32.2. The van der Waals surface area contributed by atoms with Gasteiger partial charge in [0.1, 0.15) is 0 Å². The molecule has 4 heteroatoms. The van der Waals surface area contributed by atoms with Crippen molar-refractivity contribution in [2.24, 2.45) is 0 Å². The van der Waals surface area contributed by atoms with Crippen LogP contribution in [0.4, 0.5) is 0 Å².